The number of carbonyl (C=O) groups is 2. The maximum atomic E-state index is 13.4. The molecule has 1 aliphatic rings. The molecule has 1 saturated heterocycles. The number of methoxy groups -OCH3 is 1. The first-order valence-electron chi connectivity index (χ1n) is 13.9. The molecule has 1 fully saturated rings. The van der Waals surface area contributed by atoms with Crippen molar-refractivity contribution in [1.29, 1.82) is 0 Å². The summed E-state index contributed by atoms with van der Waals surface area (Å²) in [5.41, 5.74) is 5.83. The predicted octanol–water partition coefficient (Wildman–Crippen LogP) is 5.68. The molecular formula is C33H40N2O4S. The first kappa shape index (κ1) is 29.8. The van der Waals surface area contributed by atoms with Crippen molar-refractivity contribution in [2.45, 2.75) is 44.8 Å². The van der Waals surface area contributed by atoms with E-state index in [1.54, 1.807) is 18.9 Å². The SMILES string of the molecule is COC[C@H]1C[C@@H](Cc2ccccc2)CN1Cc1ccc(C(=O)N[C@@H](CCSC)C(=O)O)c(-c2ccccc2C)c1. The number of ether oxygens (including phenoxy) is 1. The molecule has 1 heterocycles. The quantitative estimate of drug-likeness (QED) is 0.280. The number of amides is 1. The lowest BCUT2D eigenvalue weighted by atomic mass is 9.93. The van der Waals surface area contributed by atoms with E-state index >= 15 is 0 Å². The summed E-state index contributed by atoms with van der Waals surface area (Å²) in [5.74, 6) is -0.165. The summed E-state index contributed by atoms with van der Waals surface area (Å²) in [7, 11) is 1.76. The number of thioether (sulfide) groups is 1. The van der Waals surface area contributed by atoms with E-state index in [0.717, 1.165) is 48.2 Å². The van der Waals surface area contributed by atoms with E-state index in [0.29, 0.717) is 36.3 Å². The van der Waals surface area contributed by atoms with Crippen LogP contribution in [-0.4, -0.2) is 66.2 Å². The molecule has 3 aromatic carbocycles. The van der Waals surface area contributed by atoms with Crippen LogP contribution in [0.1, 0.15) is 39.9 Å². The zero-order chi connectivity index (χ0) is 28.5. The van der Waals surface area contributed by atoms with Crippen molar-refractivity contribution in [3.63, 3.8) is 0 Å². The minimum absolute atomic E-state index is 0.330. The average molecular weight is 561 g/mol. The molecule has 3 atom stereocenters. The monoisotopic (exact) mass is 560 g/mol. The summed E-state index contributed by atoms with van der Waals surface area (Å²) in [6.45, 7) is 4.46. The van der Waals surface area contributed by atoms with E-state index in [4.69, 9.17) is 4.74 Å². The third-order valence-electron chi connectivity index (χ3n) is 7.70. The largest absolute Gasteiger partial charge is 0.480 e. The summed E-state index contributed by atoms with van der Waals surface area (Å²) in [4.78, 5) is 27.7. The lowest BCUT2D eigenvalue weighted by molar-refractivity contribution is -0.139. The van der Waals surface area contributed by atoms with E-state index in [1.807, 2.05) is 49.6 Å². The van der Waals surface area contributed by atoms with Gasteiger partial charge in [-0.25, -0.2) is 4.79 Å². The van der Waals surface area contributed by atoms with Crippen LogP contribution >= 0.6 is 11.8 Å². The fraction of sp³-hybridized carbons (Fsp3) is 0.394. The minimum atomic E-state index is -1.01. The molecule has 4 rings (SSSR count). The van der Waals surface area contributed by atoms with E-state index in [-0.39, 0.29) is 5.91 Å². The average Bonchev–Trinajstić information content (AvgIpc) is 3.31. The van der Waals surface area contributed by atoms with Crippen LogP contribution in [0.15, 0.2) is 72.8 Å². The van der Waals surface area contributed by atoms with Crippen molar-refractivity contribution in [2.75, 3.05) is 32.3 Å². The standard InChI is InChI=1S/C33H40N2O4S/c1-23-9-7-8-12-28(23)30-19-25(13-14-29(30)32(36)34-31(33(37)38)15-16-40-3)20-35-21-26(18-27(35)22-39-2)17-24-10-5-4-6-11-24/h4-14,19,26-27,31H,15-18,20-22H2,1-3H3,(H,34,36)(H,37,38)/t26-,27-,31+/m1/s1. The normalized spacial score (nSPS) is 18.0. The van der Waals surface area contributed by atoms with Crippen LogP contribution in [0, 0.1) is 12.8 Å². The fourth-order valence-electron chi connectivity index (χ4n) is 5.69. The van der Waals surface area contributed by atoms with Gasteiger partial charge in [0, 0.05) is 31.8 Å². The maximum Gasteiger partial charge on any atom is 0.326 e. The molecular weight excluding hydrogens is 520 g/mol. The molecule has 40 heavy (non-hydrogen) atoms. The minimum Gasteiger partial charge on any atom is -0.480 e. The Morgan fingerprint density at radius 2 is 1.80 bits per heavy atom. The van der Waals surface area contributed by atoms with Crippen molar-refractivity contribution in [3.05, 3.63) is 95.1 Å². The molecule has 0 aliphatic carbocycles. The number of likely N-dealkylation sites (tertiary alicyclic amines) is 1. The van der Waals surface area contributed by atoms with Gasteiger partial charge in [-0.15, -0.1) is 0 Å². The molecule has 3 aromatic rings. The first-order chi connectivity index (χ1) is 19.4. The van der Waals surface area contributed by atoms with E-state index in [2.05, 4.69) is 46.6 Å². The Morgan fingerprint density at radius 3 is 2.50 bits per heavy atom. The van der Waals surface area contributed by atoms with Gasteiger partial charge < -0.3 is 15.2 Å². The van der Waals surface area contributed by atoms with Crippen molar-refractivity contribution in [2.24, 2.45) is 5.92 Å². The number of rotatable bonds is 13. The molecule has 0 saturated carbocycles. The van der Waals surface area contributed by atoms with Crippen molar-refractivity contribution < 1.29 is 19.4 Å². The summed E-state index contributed by atoms with van der Waals surface area (Å²) in [6.07, 6.45) is 4.43. The van der Waals surface area contributed by atoms with Crippen LogP contribution in [0.25, 0.3) is 11.1 Å². The van der Waals surface area contributed by atoms with E-state index in [1.165, 1.54) is 5.56 Å². The lowest BCUT2D eigenvalue weighted by Crippen LogP contribution is -2.41. The van der Waals surface area contributed by atoms with Crippen LogP contribution < -0.4 is 5.32 Å². The Hall–Kier alpha value is -3.13. The highest BCUT2D eigenvalue weighted by Gasteiger charge is 2.32. The first-order valence-corrected chi connectivity index (χ1v) is 15.3. The molecule has 7 heteroatoms. The second-order valence-corrected chi connectivity index (χ2v) is 11.7. The lowest BCUT2D eigenvalue weighted by Gasteiger charge is -2.24. The van der Waals surface area contributed by atoms with Crippen LogP contribution in [-0.2, 0) is 22.5 Å². The van der Waals surface area contributed by atoms with Crippen LogP contribution in [0.5, 0.6) is 0 Å². The third kappa shape index (κ3) is 7.74. The van der Waals surface area contributed by atoms with Crippen LogP contribution in [0.2, 0.25) is 0 Å². The Balaban J connectivity index is 1.59. The zero-order valence-electron chi connectivity index (χ0n) is 23.6. The van der Waals surface area contributed by atoms with Gasteiger partial charge in [-0.2, -0.15) is 11.8 Å². The van der Waals surface area contributed by atoms with Crippen molar-refractivity contribution >= 4 is 23.6 Å². The number of nitrogens with zero attached hydrogens (tertiary/aromatic N) is 1. The zero-order valence-corrected chi connectivity index (χ0v) is 24.5. The van der Waals surface area contributed by atoms with E-state index in [9.17, 15) is 14.7 Å². The number of carboxylic acids is 1. The van der Waals surface area contributed by atoms with Crippen molar-refractivity contribution in [1.82, 2.24) is 10.2 Å². The Labute approximate surface area is 242 Å². The highest BCUT2D eigenvalue weighted by molar-refractivity contribution is 7.98. The second-order valence-electron chi connectivity index (χ2n) is 10.7. The molecule has 2 N–H and O–H groups in total. The van der Waals surface area contributed by atoms with Gasteiger partial charge in [0.2, 0.25) is 0 Å². The molecule has 212 valence electrons. The van der Waals surface area contributed by atoms with Gasteiger partial charge in [0.25, 0.3) is 5.91 Å². The number of aliphatic carboxylic acids is 1. The number of hydrogen-bond donors (Lipinski definition) is 2. The Kier molecular flexibility index (Phi) is 10.8. The molecule has 0 aromatic heterocycles. The number of benzene rings is 3. The number of aryl methyl sites for hydroxylation is 1. The highest BCUT2D eigenvalue weighted by Crippen LogP contribution is 2.32. The molecule has 1 aliphatic heterocycles. The van der Waals surface area contributed by atoms with Crippen molar-refractivity contribution in [3.8, 4) is 11.1 Å². The smallest absolute Gasteiger partial charge is 0.326 e. The summed E-state index contributed by atoms with van der Waals surface area (Å²) in [5, 5.41) is 12.4. The number of carboxylic acid groups (broad SMARTS) is 1. The van der Waals surface area contributed by atoms with Gasteiger partial charge in [0.15, 0.2) is 0 Å². The van der Waals surface area contributed by atoms with Crippen LogP contribution in [0.4, 0.5) is 0 Å². The highest BCUT2D eigenvalue weighted by atomic mass is 32.2. The van der Waals surface area contributed by atoms with Gasteiger partial charge in [-0.3, -0.25) is 9.69 Å². The van der Waals surface area contributed by atoms with Gasteiger partial charge in [0.05, 0.1) is 6.61 Å². The second kappa shape index (κ2) is 14.5. The molecule has 6 nitrogen and oxygen atoms in total. The summed E-state index contributed by atoms with van der Waals surface area (Å²) >= 11 is 1.56. The summed E-state index contributed by atoms with van der Waals surface area (Å²) in [6, 6.07) is 24.0. The Morgan fingerprint density at radius 1 is 1.05 bits per heavy atom. The van der Waals surface area contributed by atoms with Gasteiger partial charge >= 0.3 is 5.97 Å². The van der Waals surface area contributed by atoms with Gasteiger partial charge in [0.1, 0.15) is 6.04 Å². The van der Waals surface area contributed by atoms with E-state index < -0.39 is 12.0 Å². The third-order valence-corrected chi connectivity index (χ3v) is 8.35. The molecule has 1 amide bonds. The molecule has 0 radical (unpaired) electrons. The van der Waals surface area contributed by atoms with Gasteiger partial charge in [-0.05, 0) is 84.1 Å². The Bertz CT molecular complexity index is 1280. The molecule has 0 spiro atoms. The predicted molar refractivity (Wildman–Crippen MR) is 163 cm³/mol. The molecule has 0 unspecified atom stereocenters. The maximum absolute atomic E-state index is 13.4. The number of nitrogens with one attached hydrogen (secondary N) is 1. The topological polar surface area (TPSA) is 78.9 Å². The number of hydrogen-bond acceptors (Lipinski definition) is 5. The number of carbonyl (C=O) groups excluding carboxylic acids is 1. The fourth-order valence-corrected chi connectivity index (χ4v) is 6.16. The van der Waals surface area contributed by atoms with Gasteiger partial charge in [-0.1, -0.05) is 60.7 Å². The molecule has 0 bridgehead atoms. The summed E-state index contributed by atoms with van der Waals surface area (Å²) < 4.78 is 5.59. The van der Waals surface area contributed by atoms with Crippen LogP contribution in [0.3, 0.4) is 0 Å².